The van der Waals surface area contributed by atoms with E-state index >= 15 is 0 Å². The van der Waals surface area contributed by atoms with Gasteiger partial charge in [-0.2, -0.15) is 0 Å². The Labute approximate surface area is 123 Å². The third kappa shape index (κ3) is 3.22. The molecule has 1 aliphatic rings. The van der Waals surface area contributed by atoms with Crippen LogP contribution >= 0.6 is 0 Å². The number of likely N-dealkylation sites (N-methyl/N-ethyl adjacent to an activating group) is 1. The fraction of sp³-hybridized carbons (Fsp3) is 0.333. The molecular formula is C15H18N4O2. The second kappa shape index (κ2) is 5.97. The monoisotopic (exact) mass is 286 g/mol. The summed E-state index contributed by atoms with van der Waals surface area (Å²) in [5.74, 6) is -0.219. The van der Waals surface area contributed by atoms with E-state index in [0.29, 0.717) is 5.56 Å². The van der Waals surface area contributed by atoms with Gasteiger partial charge in [0.25, 0.3) is 5.91 Å². The van der Waals surface area contributed by atoms with Crippen LogP contribution in [0.25, 0.3) is 0 Å². The zero-order valence-corrected chi connectivity index (χ0v) is 12.0. The van der Waals surface area contributed by atoms with Gasteiger partial charge in [0, 0.05) is 37.6 Å². The van der Waals surface area contributed by atoms with E-state index in [0.717, 1.165) is 31.9 Å². The van der Waals surface area contributed by atoms with Gasteiger partial charge in [0.2, 0.25) is 0 Å². The van der Waals surface area contributed by atoms with Crippen LogP contribution in [0.3, 0.4) is 0 Å². The molecular weight excluding hydrogens is 268 g/mol. The summed E-state index contributed by atoms with van der Waals surface area (Å²) >= 11 is 0. The van der Waals surface area contributed by atoms with Crippen molar-refractivity contribution in [2.75, 3.05) is 43.4 Å². The first-order valence-corrected chi connectivity index (χ1v) is 6.97. The minimum atomic E-state index is -0.219. The minimum absolute atomic E-state index is 0.219. The zero-order valence-electron chi connectivity index (χ0n) is 12.0. The molecule has 0 unspecified atom stereocenters. The number of rotatable bonds is 3. The maximum atomic E-state index is 11.9. The average Bonchev–Trinajstić information content (AvgIpc) is 3.03. The zero-order chi connectivity index (χ0) is 14.7. The first kappa shape index (κ1) is 13.6. The molecule has 0 radical (unpaired) electrons. The topological polar surface area (TPSA) is 61.6 Å². The van der Waals surface area contributed by atoms with E-state index in [1.54, 1.807) is 0 Å². The van der Waals surface area contributed by atoms with Crippen molar-refractivity contribution in [3.63, 3.8) is 0 Å². The maximum Gasteiger partial charge on any atom is 0.260 e. The molecule has 1 saturated heterocycles. The van der Waals surface area contributed by atoms with Gasteiger partial charge >= 0.3 is 0 Å². The Balaban J connectivity index is 1.63. The number of amides is 1. The number of benzene rings is 1. The van der Waals surface area contributed by atoms with Gasteiger partial charge in [-0.05, 0) is 31.3 Å². The number of nitrogens with one attached hydrogen (secondary N) is 1. The third-order valence-corrected chi connectivity index (χ3v) is 3.69. The molecule has 1 amide bonds. The van der Waals surface area contributed by atoms with Crippen molar-refractivity contribution >= 4 is 17.3 Å². The van der Waals surface area contributed by atoms with Gasteiger partial charge in [0.15, 0.2) is 0 Å². The molecule has 1 fully saturated rings. The number of carbonyl (C=O) groups excluding carboxylic acids is 1. The smallest absolute Gasteiger partial charge is 0.260 e. The molecule has 21 heavy (non-hydrogen) atoms. The SMILES string of the molecule is CN1CCN(c2ccc(NC(=O)c3cnoc3)cc2)CC1. The number of carbonyl (C=O) groups is 1. The Bertz CT molecular complexity index is 587. The van der Waals surface area contributed by atoms with E-state index in [2.05, 4.69) is 31.8 Å². The summed E-state index contributed by atoms with van der Waals surface area (Å²) < 4.78 is 4.66. The Kier molecular flexibility index (Phi) is 3.87. The summed E-state index contributed by atoms with van der Waals surface area (Å²) in [5.41, 5.74) is 2.36. The molecule has 0 atom stereocenters. The molecule has 0 spiro atoms. The molecule has 1 N–H and O–H groups in total. The van der Waals surface area contributed by atoms with Gasteiger partial charge in [-0.3, -0.25) is 4.79 Å². The second-order valence-electron chi connectivity index (χ2n) is 5.20. The molecule has 6 heteroatoms. The summed E-state index contributed by atoms with van der Waals surface area (Å²) in [6.45, 7) is 4.21. The standard InChI is InChI=1S/C15H18N4O2/c1-18-6-8-19(9-7-18)14-4-2-13(3-5-14)17-15(20)12-10-16-21-11-12/h2-5,10-11H,6-9H2,1H3,(H,17,20). The summed E-state index contributed by atoms with van der Waals surface area (Å²) in [5, 5.41) is 6.34. The predicted molar refractivity (Wildman–Crippen MR) is 80.6 cm³/mol. The number of hydrogen-bond acceptors (Lipinski definition) is 5. The number of nitrogens with zero attached hydrogens (tertiary/aromatic N) is 3. The van der Waals surface area contributed by atoms with E-state index in [1.165, 1.54) is 18.1 Å². The van der Waals surface area contributed by atoms with Gasteiger partial charge in [-0.1, -0.05) is 5.16 Å². The van der Waals surface area contributed by atoms with Crippen LogP contribution in [-0.4, -0.2) is 49.2 Å². The lowest BCUT2D eigenvalue weighted by Gasteiger charge is -2.34. The van der Waals surface area contributed by atoms with Gasteiger partial charge in [0.05, 0.1) is 11.8 Å². The molecule has 6 nitrogen and oxygen atoms in total. The average molecular weight is 286 g/mol. The largest absolute Gasteiger partial charge is 0.369 e. The third-order valence-electron chi connectivity index (χ3n) is 3.69. The lowest BCUT2D eigenvalue weighted by molar-refractivity contribution is 0.102. The quantitative estimate of drug-likeness (QED) is 0.930. The van der Waals surface area contributed by atoms with E-state index in [4.69, 9.17) is 0 Å². The molecule has 2 aromatic rings. The van der Waals surface area contributed by atoms with E-state index in [-0.39, 0.29) is 5.91 Å². The summed E-state index contributed by atoms with van der Waals surface area (Å²) in [4.78, 5) is 16.5. The van der Waals surface area contributed by atoms with Crippen LogP contribution in [0.5, 0.6) is 0 Å². The Morgan fingerprint density at radius 3 is 2.52 bits per heavy atom. The van der Waals surface area contributed by atoms with Crippen molar-refractivity contribution < 1.29 is 9.32 Å². The fourth-order valence-electron chi connectivity index (χ4n) is 2.34. The predicted octanol–water partition coefficient (Wildman–Crippen LogP) is 1.68. The first-order valence-electron chi connectivity index (χ1n) is 6.97. The lowest BCUT2D eigenvalue weighted by atomic mass is 10.2. The van der Waals surface area contributed by atoms with Crippen molar-refractivity contribution in [3.8, 4) is 0 Å². The van der Waals surface area contributed by atoms with Crippen LogP contribution in [-0.2, 0) is 0 Å². The van der Waals surface area contributed by atoms with Crippen molar-refractivity contribution in [3.05, 3.63) is 42.3 Å². The maximum absolute atomic E-state index is 11.9. The van der Waals surface area contributed by atoms with Crippen molar-refractivity contribution in [2.45, 2.75) is 0 Å². The van der Waals surface area contributed by atoms with E-state index in [1.807, 2.05) is 24.3 Å². The van der Waals surface area contributed by atoms with Gasteiger partial charge in [0.1, 0.15) is 6.26 Å². The van der Waals surface area contributed by atoms with Gasteiger partial charge in [-0.15, -0.1) is 0 Å². The molecule has 0 aliphatic carbocycles. The molecule has 1 aromatic heterocycles. The van der Waals surface area contributed by atoms with Crippen LogP contribution in [0.1, 0.15) is 10.4 Å². The van der Waals surface area contributed by atoms with Crippen LogP contribution in [0, 0.1) is 0 Å². The Hall–Kier alpha value is -2.34. The fourth-order valence-corrected chi connectivity index (χ4v) is 2.34. The van der Waals surface area contributed by atoms with Crippen LogP contribution in [0.15, 0.2) is 41.2 Å². The summed E-state index contributed by atoms with van der Waals surface area (Å²) in [7, 11) is 2.14. The van der Waals surface area contributed by atoms with Crippen molar-refractivity contribution in [2.24, 2.45) is 0 Å². The van der Waals surface area contributed by atoms with Gasteiger partial charge in [-0.25, -0.2) is 0 Å². The molecule has 1 aliphatic heterocycles. The molecule has 110 valence electrons. The molecule has 1 aromatic carbocycles. The highest BCUT2D eigenvalue weighted by atomic mass is 16.5. The first-order chi connectivity index (χ1) is 10.2. The van der Waals surface area contributed by atoms with Crippen molar-refractivity contribution in [1.82, 2.24) is 10.1 Å². The molecule has 3 rings (SSSR count). The Morgan fingerprint density at radius 1 is 1.19 bits per heavy atom. The minimum Gasteiger partial charge on any atom is -0.369 e. The molecule has 0 bridgehead atoms. The summed E-state index contributed by atoms with van der Waals surface area (Å²) in [6, 6.07) is 7.90. The number of anilines is 2. The van der Waals surface area contributed by atoms with E-state index in [9.17, 15) is 4.79 Å². The molecule has 2 heterocycles. The van der Waals surface area contributed by atoms with Crippen LogP contribution in [0.4, 0.5) is 11.4 Å². The highest BCUT2D eigenvalue weighted by Crippen LogP contribution is 2.19. The van der Waals surface area contributed by atoms with Gasteiger partial charge < -0.3 is 19.6 Å². The van der Waals surface area contributed by atoms with Crippen LogP contribution in [0.2, 0.25) is 0 Å². The van der Waals surface area contributed by atoms with Crippen LogP contribution < -0.4 is 10.2 Å². The van der Waals surface area contributed by atoms with Crippen molar-refractivity contribution in [1.29, 1.82) is 0 Å². The highest BCUT2D eigenvalue weighted by Gasteiger charge is 2.14. The molecule has 0 saturated carbocycles. The van der Waals surface area contributed by atoms with E-state index < -0.39 is 0 Å². The normalized spacial score (nSPS) is 16.0. The lowest BCUT2D eigenvalue weighted by Crippen LogP contribution is -2.44. The number of hydrogen-bond donors (Lipinski definition) is 1. The Morgan fingerprint density at radius 2 is 1.90 bits per heavy atom. The number of aromatic nitrogens is 1. The summed E-state index contributed by atoms with van der Waals surface area (Å²) in [6.07, 6.45) is 2.72. The second-order valence-corrected chi connectivity index (χ2v) is 5.20. The highest BCUT2D eigenvalue weighted by molar-refractivity contribution is 6.03. The number of piperazine rings is 1.